The topological polar surface area (TPSA) is 33.2 Å². The Bertz CT molecular complexity index is 572. The van der Waals surface area contributed by atoms with Crippen LogP contribution in [0.25, 0.3) is 0 Å². The van der Waals surface area contributed by atoms with Crippen LogP contribution >= 0.6 is 15.9 Å². The Kier molecular flexibility index (Phi) is 5.44. The first-order chi connectivity index (χ1) is 9.66. The Morgan fingerprint density at radius 3 is 2.65 bits per heavy atom. The number of Topliss-reactive ketones (excluding diaryl/α,β-unsaturated/α-hetero) is 1. The summed E-state index contributed by atoms with van der Waals surface area (Å²) in [5, 5.41) is 0. The summed E-state index contributed by atoms with van der Waals surface area (Å²) in [4.78, 5) is 18.5. The number of ketones is 1. The zero-order chi connectivity index (χ0) is 14.4. The summed E-state index contributed by atoms with van der Waals surface area (Å²) in [5.41, 5.74) is 1.77. The smallest absolute Gasteiger partial charge is 0.165 e. The van der Waals surface area contributed by atoms with E-state index in [-0.39, 0.29) is 5.78 Å². The molecule has 1 aromatic carbocycles. The van der Waals surface area contributed by atoms with Crippen molar-refractivity contribution in [2.45, 2.75) is 13.0 Å². The fourth-order valence-electron chi connectivity index (χ4n) is 1.96. The summed E-state index contributed by atoms with van der Waals surface area (Å²) >= 11 is 3.41. The lowest BCUT2D eigenvalue weighted by molar-refractivity contribution is 0.0967. The van der Waals surface area contributed by atoms with E-state index in [2.05, 4.69) is 25.8 Å². The number of rotatable bonds is 6. The van der Waals surface area contributed by atoms with E-state index in [9.17, 15) is 4.79 Å². The molecule has 0 unspecified atom stereocenters. The van der Waals surface area contributed by atoms with Gasteiger partial charge in [-0.1, -0.05) is 40.2 Å². The summed E-state index contributed by atoms with van der Waals surface area (Å²) in [6, 6.07) is 13.4. The van der Waals surface area contributed by atoms with Gasteiger partial charge in [0.1, 0.15) is 0 Å². The van der Waals surface area contributed by atoms with E-state index >= 15 is 0 Å². The first-order valence-electron chi connectivity index (χ1n) is 6.53. The Morgan fingerprint density at radius 1 is 1.20 bits per heavy atom. The molecule has 0 aliphatic heterocycles. The number of hydrogen-bond acceptors (Lipinski definition) is 3. The Balaban J connectivity index is 1.86. The predicted molar refractivity (Wildman–Crippen MR) is 83.7 cm³/mol. The van der Waals surface area contributed by atoms with Gasteiger partial charge in [-0.05, 0) is 25.2 Å². The number of pyridine rings is 1. The average Bonchev–Trinajstić information content (AvgIpc) is 2.46. The third kappa shape index (κ3) is 4.25. The Hall–Kier alpha value is -1.52. The molecule has 0 amide bonds. The van der Waals surface area contributed by atoms with Gasteiger partial charge < -0.3 is 4.90 Å². The van der Waals surface area contributed by atoms with Crippen LogP contribution in [-0.4, -0.2) is 29.3 Å². The molecule has 2 aromatic rings. The van der Waals surface area contributed by atoms with Crippen LogP contribution in [0.1, 0.15) is 22.5 Å². The second-order valence-corrected chi connectivity index (χ2v) is 5.57. The fourth-order valence-corrected chi connectivity index (χ4v) is 2.47. The van der Waals surface area contributed by atoms with E-state index in [0.29, 0.717) is 6.42 Å². The molecule has 0 spiro atoms. The number of nitrogens with zero attached hydrogens (tertiary/aromatic N) is 2. The molecule has 20 heavy (non-hydrogen) atoms. The minimum absolute atomic E-state index is 0.158. The van der Waals surface area contributed by atoms with Crippen molar-refractivity contribution < 1.29 is 4.79 Å². The van der Waals surface area contributed by atoms with Gasteiger partial charge in [-0.3, -0.25) is 9.78 Å². The lowest BCUT2D eigenvalue weighted by atomic mass is 10.1. The third-order valence-electron chi connectivity index (χ3n) is 3.05. The van der Waals surface area contributed by atoms with Crippen LogP contribution in [0.5, 0.6) is 0 Å². The summed E-state index contributed by atoms with van der Waals surface area (Å²) < 4.78 is 0.859. The van der Waals surface area contributed by atoms with E-state index < -0.39 is 0 Å². The lowest BCUT2D eigenvalue weighted by Gasteiger charge is -2.15. The van der Waals surface area contributed by atoms with E-state index in [4.69, 9.17) is 0 Å². The standard InChI is InChI=1S/C16H17BrN2O/c1-19(12-13-6-4-5-10-18-13)11-9-16(20)14-7-2-3-8-15(14)17/h2-8,10H,9,11-12H2,1H3. The monoisotopic (exact) mass is 332 g/mol. The second kappa shape index (κ2) is 7.31. The molecule has 0 bridgehead atoms. The van der Waals surface area contributed by atoms with Gasteiger partial charge >= 0.3 is 0 Å². The average molecular weight is 333 g/mol. The first kappa shape index (κ1) is 14.9. The second-order valence-electron chi connectivity index (χ2n) is 4.71. The molecule has 1 aromatic heterocycles. The minimum atomic E-state index is 0.158. The van der Waals surface area contributed by atoms with Crippen molar-refractivity contribution >= 4 is 21.7 Å². The maximum absolute atomic E-state index is 12.2. The van der Waals surface area contributed by atoms with Crippen LogP contribution in [-0.2, 0) is 6.54 Å². The van der Waals surface area contributed by atoms with E-state index in [1.807, 2.05) is 49.5 Å². The summed E-state index contributed by atoms with van der Waals surface area (Å²) in [7, 11) is 2.00. The van der Waals surface area contributed by atoms with Gasteiger partial charge in [-0.25, -0.2) is 0 Å². The minimum Gasteiger partial charge on any atom is -0.300 e. The van der Waals surface area contributed by atoms with Crippen LogP contribution in [0.2, 0.25) is 0 Å². The highest BCUT2D eigenvalue weighted by atomic mass is 79.9. The van der Waals surface area contributed by atoms with Crippen LogP contribution in [0.15, 0.2) is 53.1 Å². The van der Waals surface area contributed by atoms with E-state index in [1.54, 1.807) is 6.20 Å². The van der Waals surface area contributed by atoms with Crippen LogP contribution in [0.3, 0.4) is 0 Å². The summed E-state index contributed by atoms with van der Waals surface area (Å²) in [6.45, 7) is 1.47. The zero-order valence-electron chi connectivity index (χ0n) is 11.4. The maximum Gasteiger partial charge on any atom is 0.165 e. The van der Waals surface area contributed by atoms with Crippen molar-refractivity contribution in [1.82, 2.24) is 9.88 Å². The largest absolute Gasteiger partial charge is 0.300 e. The molecule has 0 saturated heterocycles. The molecule has 1 heterocycles. The van der Waals surface area contributed by atoms with Crippen LogP contribution < -0.4 is 0 Å². The summed E-state index contributed by atoms with van der Waals surface area (Å²) in [6.07, 6.45) is 2.29. The zero-order valence-corrected chi connectivity index (χ0v) is 13.0. The van der Waals surface area contributed by atoms with Gasteiger partial charge in [0.05, 0.1) is 5.69 Å². The van der Waals surface area contributed by atoms with Gasteiger partial charge in [-0.2, -0.15) is 0 Å². The third-order valence-corrected chi connectivity index (χ3v) is 3.74. The highest BCUT2D eigenvalue weighted by Crippen LogP contribution is 2.17. The number of hydrogen-bond donors (Lipinski definition) is 0. The van der Waals surface area contributed by atoms with Crippen molar-refractivity contribution in [3.63, 3.8) is 0 Å². The van der Waals surface area contributed by atoms with Gasteiger partial charge in [0.2, 0.25) is 0 Å². The number of carbonyl (C=O) groups is 1. The quantitative estimate of drug-likeness (QED) is 0.758. The SMILES string of the molecule is CN(CCC(=O)c1ccccc1Br)Cc1ccccn1. The molecule has 0 aliphatic rings. The summed E-state index contributed by atoms with van der Waals surface area (Å²) in [5.74, 6) is 0.158. The highest BCUT2D eigenvalue weighted by Gasteiger charge is 2.10. The maximum atomic E-state index is 12.2. The van der Waals surface area contributed by atoms with Gasteiger partial charge in [0, 0.05) is 35.7 Å². The molecule has 0 saturated carbocycles. The number of halogens is 1. The molecule has 0 radical (unpaired) electrons. The molecule has 4 heteroatoms. The first-order valence-corrected chi connectivity index (χ1v) is 7.32. The highest BCUT2D eigenvalue weighted by molar-refractivity contribution is 9.10. The van der Waals surface area contributed by atoms with E-state index in [1.165, 1.54) is 0 Å². The van der Waals surface area contributed by atoms with Gasteiger partial charge in [0.25, 0.3) is 0 Å². The van der Waals surface area contributed by atoms with Crippen LogP contribution in [0.4, 0.5) is 0 Å². The molecule has 0 fully saturated rings. The predicted octanol–water partition coefficient (Wildman–Crippen LogP) is 3.55. The Morgan fingerprint density at radius 2 is 1.95 bits per heavy atom. The molecule has 0 atom stereocenters. The molecule has 104 valence electrons. The van der Waals surface area contributed by atoms with Crippen molar-refractivity contribution in [3.05, 3.63) is 64.4 Å². The number of carbonyl (C=O) groups excluding carboxylic acids is 1. The van der Waals surface area contributed by atoms with Crippen LogP contribution in [0, 0.1) is 0 Å². The molecular formula is C16H17BrN2O. The van der Waals surface area contributed by atoms with E-state index in [0.717, 1.165) is 28.8 Å². The molecular weight excluding hydrogens is 316 g/mol. The lowest BCUT2D eigenvalue weighted by Crippen LogP contribution is -2.22. The van der Waals surface area contributed by atoms with Crippen molar-refractivity contribution in [2.75, 3.05) is 13.6 Å². The fraction of sp³-hybridized carbons (Fsp3) is 0.250. The van der Waals surface area contributed by atoms with Crippen molar-refractivity contribution in [2.24, 2.45) is 0 Å². The number of aromatic nitrogens is 1. The van der Waals surface area contributed by atoms with Crippen molar-refractivity contribution in [1.29, 1.82) is 0 Å². The van der Waals surface area contributed by atoms with Crippen molar-refractivity contribution in [3.8, 4) is 0 Å². The molecule has 0 aliphatic carbocycles. The van der Waals surface area contributed by atoms with Gasteiger partial charge in [-0.15, -0.1) is 0 Å². The normalized spacial score (nSPS) is 10.8. The molecule has 0 N–H and O–H groups in total. The Labute approximate surface area is 127 Å². The molecule has 2 rings (SSSR count). The van der Waals surface area contributed by atoms with Gasteiger partial charge in [0.15, 0.2) is 5.78 Å². The molecule has 3 nitrogen and oxygen atoms in total. The number of benzene rings is 1.